The number of carboxylic acid groups (broad SMARTS) is 1. The van der Waals surface area contributed by atoms with Crippen molar-refractivity contribution in [1.82, 2.24) is 0 Å². The minimum absolute atomic E-state index is 0.181. The van der Waals surface area contributed by atoms with E-state index in [1.807, 2.05) is 32.0 Å². The van der Waals surface area contributed by atoms with Crippen molar-refractivity contribution in [3.63, 3.8) is 0 Å². The van der Waals surface area contributed by atoms with Gasteiger partial charge in [0.25, 0.3) is 5.91 Å². The highest BCUT2D eigenvalue weighted by Crippen LogP contribution is 2.42. The Morgan fingerprint density at radius 3 is 1.79 bits per heavy atom. The molecule has 0 saturated carbocycles. The van der Waals surface area contributed by atoms with Crippen LogP contribution >= 0.6 is 46.4 Å². The molecule has 0 bridgehead atoms. The Morgan fingerprint density at radius 2 is 1.33 bits per heavy atom. The van der Waals surface area contributed by atoms with E-state index >= 15 is 0 Å². The van der Waals surface area contributed by atoms with Gasteiger partial charge < -0.3 is 10.4 Å². The van der Waals surface area contributed by atoms with Gasteiger partial charge in [0.1, 0.15) is 0 Å². The molecule has 0 radical (unpaired) electrons. The van der Waals surface area contributed by atoms with Gasteiger partial charge in [-0.2, -0.15) is 0 Å². The number of hydrogen-bond acceptors (Lipinski definition) is 2. The van der Waals surface area contributed by atoms with E-state index < -0.39 is 17.4 Å². The van der Waals surface area contributed by atoms with E-state index in [4.69, 9.17) is 46.4 Å². The number of rotatable bonds is 3. The van der Waals surface area contributed by atoms with Crippen molar-refractivity contribution in [2.24, 2.45) is 0 Å². The van der Waals surface area contributed by atoms with E-state index in [1.165, 1.54) is 0 Å². The second kappa shape index (κ2) is 7.19. The maximum absolute atomic E-state index is 12.7. The molecular weight excluding hydrogens is 396 g/mol. The van der Waals surface area contributed by atoms with Crippen molar-refractivity contribution in [3.8, 4) is 0 Å². The molecule has 4 nitrogen and oxygen atoms in total. The van der Waals surface area contributed by atoms with Crippen LogP contribution in [0.15, 0.2) is 18.2 Å². The van der Waals surface area contributed by atoms with Gasteiger partial charge in [0.05, 0.1) is 31.2 Å². The summed E-state index contributed by atoms with van der Waals surface area (Å²) >= 11 is 23.8. The van der Waals surface area contributed by atoms with Crippen molar-refractivity contribution in [3.05, 3.63) is 60.5 Å². The van der Waals surface area contributed by atoms with Gasteiger partial charge in [-0.25, -0.2) is 4.79 Å². The average molecular weight is 407 g/mol. The lowest BCUT2D eigenvalue weighted by atomic mass is 10.0. The van der Waals surface area contributed by atoms with E-state index in [0.29, 0.717) is 5.69 Å². The van der Waals surface area contributed by atoms with E-state index in [1.54, 1.807) is 0 Å². The molecule has 0 aliphatic rings. The van der Waals surface area contributed by atoms with Crippen LogP contribution in [0.25, 0.3) is 0 Å². The van der Waals surface area contributed by atoms with Crippen molar-refractivity contribution in [1.29, 1.82) is 0 Å². The number of halogens is 4. The molecule has 0 aliphatic carbocycles. The minimum Gasteiger partial charge on any atom is -0.478 e. The highest BCUT2D eigenvalue weighted by Gasteiger charge is 2.29. The SMILES string of the molecule is Cc1cccc(C)c1NC(=O)c1c(Cl)c(Cl)c(Cl)c(Cl)c1C(=O)O. The van der Waals surface area contributed by atoms with Crippen molar-refractivity contribution in [2.45, 2.75) is 13.8 Å². The smallest absolute Gasteiger partial charge is 0.338 e. The average Bonchev–Trinajstić information content (AvgIpc) is 2.51. The molecule has 2 rings (SSSR count). The molecule has 0 atom stereocenters. The Bertz CT molecular complexity index is 845. The Morgan fingerprint density at radius 1 is 0.875 bits per heavy atom. The largest absolute Gasteiger partial charge is 0.478 e. The Hall–Kier alpha value is -1.46. The van der Waals surface area contributed by atoms with Crippen molar-refractivity contribution >= 4 is 64.0 Å². The molecule has 126 valence electrons. The van der Waals surface area contributed by atoms with Crippen LogP contribution in [0.1, 0.15) is 31.8 Å². The summed E-state index contributed by atoms with van der Waals surface area (Å²) in [6.45, 7) is 3.62. The molecule has 24 heavy (non-hydrogen) atoms. The van der Waals surface area contributed by atoms with Gasteiger partial charge in [-0.15, -0.1) is 0 Å². The second-order valence-electron chi connectivity index (χ2n) is 5.03. The van der Waals surface area contributed by atoms with Crippen molar-refractivity contribution in [2.75, 3.05) is 5.32 Å². The number of hydrogen-bond donors (Lipinski definition) is 2. The van der Waals surface area contributed by atoms with Gasteiger partial charge in [0, 0.05) is 5.69 Å². The number of anilines is 1. The van der Waals surface area contributed by atoms with Gasteiger partial charge in [-0.1, -0.05) is 64.6 Å². The minimum atomic E-state index is -1.44. The number of amides is 1. The molecule has 0 heterocycles. The number of carboxylic acids is 1. The van der Waals surface area contributed by atoms with Crippen LogP contribution in [-0.4, -0.2) is 17.0 Å². The summed E-state index contributed by atoms with van der Waals surface area (Å²) in [5, 5.41) is 11.0. The third kappa shape index (κ3) is 3.33. The maximum atomic E-state index is 12.7. The van der Waals surface area contributed by atoms with Gasteiger partial charge in [-0.3, -0.25) is 4.79 Å². The quantitative estimate of drug-likeness (QED) is 0.494. The fourth-order valence-corrected chi connectivity index (χ4v) is 3.25. The number of carbonyl (C=O) groups is 2. The van der Waals surface area contributed by atoms with E-state index in [-0.39, 0.29) is 25.7 Å². The van der Waals surface area contributed by atoms with Crippen LogP contribution in [0, 0.1) is 13.8 Å². The standard InChI is InChI=1S/C16H11Cl4NO3/c1-6-4-3-5-7(2)14(6)21-15(22)8-9(16(23)24)11(18)13(20)12(19)10(8)17/h3-5H,1-2H3,(H,21,22)(H,23,24). The molecule has 0 unspecified atom stereocenters. The number of aryl methyl sites for hydroxylation is 2. The first-order chi connectivity index (χ1) is 11.2. The number of benzene rings is 2. The fraction of sp³-hybridized carbons (Fsp3) is 0.125. The molecule has 0 fully saturated rings. The Balaban J connectivity index is 2.64. The summed E-state index contributed by atoms with van der Waals surface area (Å²) < 4.78 is 0. The molecule has 2 aromatic carbocycles. The summed E-state index contributed by atoms with van der Waals surface area (Å²) in [4.78, 5) is 24.2. The van der Waals surface area contributed by atoms with Gasteiger partial charge in [0.15, 0.2) is 0 Å². The molecule has 0 aromatic heterocycles. The van der Waals surface area contributed by atoms with Crippen LogP contribution in [-0.2, 0) is 0 Å². The molecular formula is C16H11Cl4NO3. The number of para-hydroxylation sites is 1. The van der Waals surface area contributed by atoms with Crippen molar-refractivity contribution < 1.29 is 14.7 Å². The number of nitrogens with one attached hydrogen (secondary N) is 1. The first-order valence-corrected chi connectivity index (χ1v) is 8.14. The zero-order valence-corrected chi connectivity index (χ0v) is 15.5. The summed E-state index contributed by atoms with van der Waals surface area (Å²) in [6, 6.07) is 5.46. The highest BCUT2D eigenvalue weighted by atomic mass is 35.5. The molecule has 0 aliphatic heterocycles. The lowest BCUT2D eigenvalue weighted by molar-refractivity contribution is 0.0692. The summed E-state index contributed by atoms with van der Waals surface area (Å²) in [7, 11) is 0. The van der Waals surface area contributed by atoms with Gasteiger partial charge in [-0.05, 0) is 25.0 Å². The third-order valence-electron chi connectivity index (χ3n) is 3.43. The summed E-state index contributed by atoms with van der Waals surface area (Å²) in [5.41, 5.74) is 1.33. The van der Waals surface area contributed by atoms with Crippen LogP contribution in [0.4, 0.5) is 5.69 Å². The summed E-state index contributed by atoms with van der Waals surface area (Å²) in [5.74, 6) is -2.18. The predicted molar refractivity (Wildman–Crippen MR) is 97.3 cm³/mol. The van der Waals surface area contributed by atoms with E-state index in [9.17, 15) is 14.7 Å². The molecule has 8 heteroatoms. The van der Waals surface area contributed by atoms with Crippen LogP contribution < -0.4 is 5.32 Å². The lowest BCUT2D eigenvalue weighted by Gasteiger charge is -2.16. The van der Waals surface area contributed by atoms with Gasteiger partial charge in [0.2, 0.25) is 0 Å². The molecule has 1 amide bonds. The highest BCUT2D eigenvalue weighted by molar-refractivity contribution is 6.54. The maximum Gasteiger partial charge on any atom is 0.338 e. The number of aromatic carboxylic acids is 1. The van der Waals surface area contributed by atoms with Crippen LogP contribution in [0.5, 0.6) is 0 Å². The molecule has 0 saturated heterocycles. The van der Waals surface area contributed by atoms with Crippen LogP contribution in [0.2, 0.25) is 20.1 Å². The topological polar surface area (TPSA) is 66.4 Å². The molecule has 2 aromatic rings. The van der Waals surface area contributed by atoms with Crippen LogP contribution in [0.3, 0.4) is 0 Å². The Labute approximate surface area is 158 Å². The zero-order valence-electron chi connectivity index (χ0n) is 12.5. The first kappa shape index (κ1) is 18.9. The van der Waals surface area contributed by atoms with E-state index in [0.717, 1.165) is 11.1 Å². The van der Waals surface area contributed by atoms with E-state index in [2.05, 4.69) is 5.32 Å². The fourth-order valence-electron chi connectivity index (χ4n) is 2.23. The zero-order chi connectivity index (χ0) is 18.2. The summed E-state index contributed by atoms with van der Waals surface area (Å²) in [6.07, 6.45) is 0. The normalized spacial score (nSPS) is 10.6. The second-order valence-corrected chi connectivity index (χ2v) is 6.54. The third-order valence-corrected chi connectivity index (χ3v) is 5.23. The molecule has 0 spiro atoms. The molecule has 2 N–H and O–H groups in total. The first-order valence-electron chi connectivity index (χ1n) is 6.63. The lowest BCUT2D eigenvalue weighted by Crippen LogP contribution is -2.19. The monoisotopic (exact) mass is 405 g/mol. The van der Waals surface area contributed by atoms with Gasteiger partial charge >= 0.3 is 5.97 Å². The number of carbonyl (C=O) groups excluding carboxylic acids is 1. The Kier molecular flexibility index (Phi) is 5.66. The predicted octanol–water partition coefficient (Wildman–Crippen LogP) is 5.87.